The Hall–Kier alpha value is -3.04. The Morgan fingerprint density at radius 3 is 2.48 bits per heavy atom. The van der Waals surface area contributed by atoms with Gasteiger partial charge in [-0.05, 0) is 43.5 Å². The Bertz CT molecular complexity index is 1280. The molecular weight excluding hydrogens is 416 g/mol. The fraction of sp³-hybridized carbons (Fsp3) is 0.318. The molecule has 8 nitrogen and oxygen atoms in total. The van der Waals surface area contributed by atoms with Gasteiger partial charge < -0.3 is 5.32 Å². The maximum Gasteiger partial charge on any atom is 0.274 e. The van der Waals surface area contributed by atoms with Crippen molar-refractivity contribution < 1.29 is 13.2 Å². The van der Waals surface area contributed by atoms with E-state index in [1.165, 1.54) is 4.68 Å². The minimum atomic E-state index is -3.69. The van der Waals surface area contributed by atoms with E-state index in [1.807, 2.05) is 19.9 Å². The number of aromatic nitrogens is 2. The molecule has 0 saturated heterocycles. The van der Waals surface area contributed by atoms with Gasteiger partial charge in [-0.3, -0.25) is 9.59 Å². The molecule has 0 aliphatic heterocycles. The molecule has 1 aromatic heterocycles. The summed E-state index contributed by atoms with van der Waals surface area (Å²) in [6.07, 6.45) is 0.701. The zero-order valence-electron chi connectivity index (χ0n) is 17.8. The molecule has 0 aliphatic carbocycles. The van der Waals surface area contributed by atoms with Gasteiger partial charge in [0.15, 0.2) is 5.69 Å². The van der Waals surface area contributed by atoms with Crippen LogP contribution in [-0.2, 0) is 16.6 Å². The van der Waals surface area contributed by atoms with E-state index in [9.17, 15) is 18.0 Å². The molecule has 0 radical (unpaired) electrons. The number of amides is 1. The molecule has 2 N–H and O–H groups in total. The molecule has 0 atom stereocenters. The maximum atomic E-state index is 12.8. The van der Waals surface area contributed by atoms with Crippen molar-refractivity contribution >= 4 is 26.7 Å². The van der Waals surface area contributed by atoms with Crippen molar-refractivity contribution in [2.75, 3.05) is 13.1 Å². The Kier molecular flexibility index (Phi) is 6.87. The zero-order valence-corrected chi connectivity index (χ0v) is 18.6. The highest BCUT2D eigenvalue weighted by Crippen LogP contribution is 2.16. The lowest BCUT2D eigenvalue weighted by molar-refractivity contribution is 0.0948. The first-order valence-electron chi connectivity index (χ1n) is 10.1. The number of nitrogens with zero attached hydrogens (tertiary/aromatic N) is 2. The van der Waals surface area contributed by atoms with Crippen LogP contribution in [-0.4, -0.2) is 37.2 Å². The van der Waals surface area contributed by atoms with Gasteiger partial charge in [-0.2, -0.15) is 5.10 Å². The summed E-state index contributed by atoms with van der Waals surface area (Å²) >= 11 is 0. The molecule has 9 heteroatoms. The third kappa shape index (κ3) is 5.00. The SMILES string of the molecule is CCCn1nc(C(=O)NCCNS(=O)(=O)c2cc(C)ccc2C)c2ccccc2c1=O. The molecule has 3 rings (SSSR count). The first-order valence-corrected chi connectivity index (χ1v) is 11.6. The summed E-state index contributed by atoms with van der Waals surface area (Å²) in [5.74, 6) is -0.466. The molecule has 0 bridgehead atoms. The quantitative estimate of drug-likeness (QED) is 0.519. The van der Waals surface area contributed by atoms with Gasteiger partial charge in [-0.15, -0.1) is 0 Å². The molecule has 0 fully saturated rings. The Morgan fingerprint density at radius 1 is 1.06 bits per heavy atom. The lowest BCUT2D eigenvalue weighted by Gasteiger charge is -2.12. The van der Waals surface area contributed by atoms with Gasteiger partial charge in [0.25, 0.3) is 11.5 Å². The van der Waals surface area contributed by atoms with Crippen LogP contribution in [0.1, 0.15) is 35.0 Å². The smallest absolute Gasteiger partial charge is 0.274 e. The molecule has 0 spiro atoms. The van der Waals surface area contributed by atoms with Gasteiger partial charge in [-0.1, -0.05) is 37.3 Å². The first-order chi connectivity index (χ1) is 14.7. The Morgan fingerprint density at radius 2 is 1.77 bits per heavy atom. The van der Waals surface area contributed by atoms with Crippen molar-refractivity contribution in [3.8, 4) is 0 Å². The summed E-state index contributed by atoms with van der Waals surface area (Å²) in [6, 6.07) is 12.0. The van der Waals surface area contributed by atoms with Gasteiger partial charge in [0, 0.05) is 25.0 Å². The van der Waals surface area contributed by atoms with E-state index in [0.29, 0.717) is 29.3 Å². The van der Waals surface area contributed by atoms with E-state index in [2.05, 4.69) is 15.1 Å². The number of hydrogen-bond acceptors (Lipinski definition) is 5. The molecule has 31 heavy (non-hydrogen) atoms. The van der Waals surface area contributed by atoms with Crippen LogP contribution in [0.4, 0.5) is 0 Å². The molecule has 3 aromatic rings. The summed E-state index contributed by atoms with van der Waals surface area (Å²) in [6.45, 7) is 5.98. The summed E-state index contributed by atoms with van der Waals surface area (Å²) in [5.41, 5.74) is 1.40. The summed E-state index contributed by atoms with van der Waals surface area (Å²) in [5, 5.41) is 7.82. The zero-order chi connectivity index (χ0) is 22.6. The van der Waals surface area contributed by atoms with E-state index in [-0.39, 0.29) is 29.2 Å². The van der Waals surface area contributed by atoms with Gasteiger partial charge >= 0.3 is 0 Å². The summed E-state index contributed by atoms with van der Waals surface area (Å²) < 4.78 is 29.0. The number of nitrogens with one attached hydrogen (secondary N) is 2. The Labute approximate surface area is 181 Å². The molecule has 0 unspecified atom stereocenters. The highest BCUT2D eigenvalue weighted by molar-refractivity contribution is 7.89. The highest BCUT2D eigenvalue weighted by atomic mass is 32.2. The second kappa shape index (κ2) is 9.40. The standard InChI is InChI=1S/C22H26N4O4S/c1-4-13-26-22(28)18-8-6-5-7-17(18)20(25-26)21(27)23-11-12-24-31(29,30)19-14-15(2)9-10-16(19)3/h5-10,14,24H,4,11-13H2,1-3H3,(H,23,27). The topological polar surface area (TPSA) is 110 Å². The second-order valence-corrected chi connectivity index (χ2v) is 9.08. The van der Waals surface area contributed by atoms with Crippen molar-refractivity contribution in [3.63, 3.8) is 0 Å². The predicted octanol–water partition coefficient (Wildman–Crippen LogP) is 2.13. The molecule has 2 aromatic carbocycles. The van der Waals surface area contributed by atoms with E-state index < -0.39 is 15.9 Å². The van der Waals surface area contributed by atoms with Gasteiger partial charge in [0.05, 0.1) is 10.3 Å². The average molecular weight is 443 g/mol. The number of carbonyl (C=O) groups is 1. The van der Waals surface area contributed by atoms with Gasteiger partial charge in [-0.25, -0.2) is 17.8 Å². The van der Waals surface area contributed by atoms with Crippen LogP contribution in [0.5, 0.6) is 0 Å². The maximum absolute atomic E-state index is 12.8. The largest absolute Gasteiger partial charge is 0.349 e. The van der Waals surface area contributed by atoms with Crippen LogP contribution in [0.25, 0.3) is 10.8 Å². The van der Waals surface area contributed by atoms with Crippen LogP contribution in [0.15, 0.2) is 52.2 Å². The number of sulfonamides is 1. The molecule has 1 amide bonds. The number of aryl methyl sites for hydroxylation is 3. The fourth-order valence-corrected chi connectivity index (χ4v) is 4.65. The number of carbonyl (C=O) groups excluding carboxylic acids is 1. The van der Waals surface area contributed by atoms with Crippen LogP contribution in [0.3, 0.4) is 0 Å². The normalized spacial score (nSPS) is 11.6. The fourth-order valence-electron chi connectivity index (χ4n) is 3.29. The van der Waals surface area contributed by atoms with Crippen molar-refractivity contribution in [2.24, 2.45) is 0 Å². The minimum absolute atomic E-state index is 0.0218. The first kappa shape index (κ1) is 22.6. The van der Waals surface area contributed by atoms with Crippen molar-refractivity contribution in [1.29, 1.82) is 0 Å². The van der Waals surface area contributed by atoms with Crippen molar-refractivity contribution in [1.82, 2.24) is 19.8 Å². The van der Waals surface area contributed by atoms with E-state index >= 15 is 0 Å². The number of benzene rings is 2. The minimum Gasteiger partial charge on any atom is -0.349 e. The molecule has 164 valence electrons. The van der Waals surface area contributed by atoms with Gasteiger partial charge in [0.2, 0.25) is 10.0 Å². The average Bonchev–Trinajstić information content (AvgIpc) is 2.75. The number of rotatable bonds is 8. The molecular formula is C22H26N4O4S. The third-order valence-corrected chi connectivity index (χ3v) is 6.46. The van der Waals surface area contributed by atoms with Crippen LogP contribution in [0, 0.1) is 13.8 Å². The third-order valence-electron chi connectivity index (χ3n) is 4.85. The highest BCUT2D eigenvalue weighted by Gasteiger charge is 2.18. The van der Waals surface area contributed by atoms with Crippen molar-refractivity contribution in [3.05, 3.63) is 69.6 Å². The number of fused-ring (bicyclic) bond motifs is 1. The Balaban J connectivity index is 1.73. The summed E-state index contributed by atoms with van der Waals surface area (Å²) in [7, 11) is -3.69. The lowest BCUT2D eigenvalue weighted by Crippen LogP contribution is -2.36. The lowest BCUT2D eigenvalue weighted by atomic mass is 10.1. The molecule has 1 heterocycles. The van der Waals surface area contributed by atoms with E-state index in [4.69, 9.17) is 0 Å². The van der Waals surface area contributed by atoms with E-state index in [1.54, 1.807) is 43.3 Å². The number of hydrogen-bond donors (Lipinski definition) is 2. The summed E-state index contributed by atoms with van der Waals surface area (Å²) in [4.78, 5) is 25.5. The van der Waals surface area contributed by atoms with E-state index in [0.717, 1.165) is 5.56 Å². The van der Waals surface area contributed by atoms with Crippen LogP contribution >= 0.6 is 0 Å². The van der Waals surface area contributed by atoms with Crippen LogP contribution in [0.2, 0.25) is 0 Å². The van der Waals surface area contributed by atoms with Crippen LogP contribution < -0.4 is 15.6 Å². The monoisotopic (exact) mass is 442 g/mol. The van der Waals surface area contributed by atoms with Crippen molar-refractivity contribution in [2.45, 2.75) is 38.6 Å². The second-order valence-electron chi connectivity index (χ2n) is 7.35. The molecule has 0 aliphatic rings. The molecule has 0 saturated carbocycles. The van der Waals surface area contributed by atoms with Gasteiger partial charge in [0.1, 0.15) is 0 Å². The predicted molar refractivity (Wildman–Crippen MR) is 120 cm³/mol.